The number of carbonyl (C=O) groups excluding carboxylic acids is 2. The Morgan fingerprint density at radius 3 is 1.61 bits per heavy atom. The number of unbranched alkanes of at least 4 members (excludes halogenated alkanes) is 17. The molecule has 0 saturated carbocycles. The predicted molar refractivity (Wildman–Crippen MR) is 211 cm³/mol. The van der Waals surface area contributed by atoms with Crippen LogP contribution in [0.5, 0.6) is 0 Å². The van der Waals surface area contributed by atoms with E-state index in [2.05, 4.69) is 50.3 Å². The van der Waals surface area contributed by atoms with Gasteiger partial charge in [0.15, 0.2) is 6.10 Å². The van der Waals surface area contributed by atoms with Gasteiger partial charge in [0, 0.05) is 19.4 Å². The summed E-state index contributed by atoms with van der Waals surface area (Å²) in [7, 11) is -0.719. The number of ether oxygens (including phenoxy) is 2. The van der Waals surface area contributed by atoms with Gasteiger partial charge in [-0.15, -0.1) is 0 Å². The van der Waals surface area contributed by atoms with Gasteiger partial charge in [-0.2, -0.15) is 0 Å². The van der Waals surface area contributed by atoms with Crippen LogP contribution in [0.3, 0.4) is 0 Å². The summed E-state index contributed by atoms with van der Waals surface area (Å²) in [5.74, 6) is -0.828. The molecule has 0 saturated heterocycles. The summed E-state index contributed by atoms with van der Waals surface area (Å²) in [5, 5.41) is 0. The van der Waals surface area contributed by atoms with Gasteiger partial charge in [0.05, 0.1) is 13.2 Å². The van der Waals surface area contributed by atoms with Crippen molar-refractivity contribution in [3.63, 3.8) is 0 Å². The lowest BCUT2D eigenvalue weighted by Crippen LogP contribution is -2.29. The van der Waals surface area contributed by atoms with E-state index in [0.717, 1.165) is 51.4 Å². The van der Waals surface area contributed by atoms with Crippen LogP contribution in [0.2, 0.25) is 0 Å². The molecular formula is C41H76NO8P. The van der Waals surface area contributed by atoms with Crippen LogP contribution in [0, 0.1) is 0 Å². The highest BCUT2D eigenvalue weighted by Gasteiger charge is 2.26. The van der Waals surface area contributed by atoms with E-state index in [0.29, 0.717) is 19.4 Å². The Kier molecular flexibility index (Phi) is 35.3. The molecule has 0 aromatic heterocycles. The smallest absolute Gasteiger partial charge is 0.462 e. The zero-order valence-corrected chi connectivity index (χ0v) is 33.9. The van der Waals surface area contributed by atoms with Crippen molar-refractivity contribution < 1.29 is 37.6 Å². The minimum Gasteiger partial charge on any atom is -0.462 e. The third-order valence-corrected chi connectivity index (χ3v) is 9.43. The first-order valence-corrected chi connectivity index (χ1v) is 21.8. The van der Waals surface area contributed by atoms with E-state index in [4.69, 9.17) is 18.5 Å². The highest BCUT2D eigenvalue weighted by Crippen LogP contribution is 2.43. The second-order valence-electron chi connectivity index (χ2n) is 13.8. The monoisotopic (exact) mass is 742 g/mol. The lowest BCUT2D eigenvalue weighted by molar-refractivity contribution is -0.161. The molecule has 0 heterocycles. The number of esters is 2. The van der Waals surface area contributed by atoms with Gasteiger partial charge >= 0.3 is 19.8 Å². The molecule has 0 spiro atoms. The maximum absolute atomic E-state index is 12.6. The van der Waals surface area contributed by atoms with Crippen LogP contribution in [0.4, 0.5) is 0 Å². The molecule has 2 unspecified atom stereocenters. The maximum Gasteiger partial charge on any atom is 0.472 e. The fourth-order valence-electron chi connectivity index (χ4n) is 5.28. The number of allylic oxidation sites excluding steroid dienone is 6. The number of nitrogens with zero attached hydrogens (tertiary/aromatic N) is 1. The van der Waals surface area contributed by atoms with Crippen LogP contribution in [0.25, 0.3) is 0 Å². The molecule has 298 valence electrons. The molecule has 51 heavy (non-hydrogen) atoms. The van der Waals surface area contributed by atoms with Gasteiger partial charge in [-0.25, -0.2) is 4.57 Å². The van der Waals surface area contributed by atoms with E-state index in [1.807, 2.05) is 19.0 Å². The first-order valence-electron chi connectivity index (χ1n) is 20.3. The number of likely N-dealkylation sites (N-methyl/N-ethyl adjacent to an activating group) is 1. The Morgan fingerprint density at radius 1 is 0.608 bits per heavy atom. The molecule has 0 aromatic rings. The zero-order chi connectivity index (χ0) is 37.7. The van der Waals surface area contributed by atoms with E-state index in [-0.39, 0.29) is 26.1 Å². The highest BCUT2D eigenvalue weighted by molar-refractivity contribution is 7.47. The van der Waals surface area contributed by atoms with Gasteiger partial charge in [0.25, 0.3) is 0 Å². The summed E-state index contributed by atoms with van der Waals surface area (Å²) >= 11 is 0. The molecule has 0 aliphatic carbocycles. The van der Waals surface area contributed by atoms with Crippen LogP contribution in [-0.2, 0) is 32.7 Å². The van der Waals surface area contributed by atoms with Gasteiger partial charge in [-0.1, -0.05) is 140 Å². The van der Waals surface area contributed by atoms with Crippen molar-refractivity contribution in [2.45, 2.75) is 174 Å². The SMILES string of the molecule is CCCCC/C=C\C/C=C\C/C=C\CCCCCCC(=O)OCC(COP(=O)(O)OCCN(C)C)OC(=O)CCCCCCCCCCCCC. The summed E-state index contributed by atoms with van der Waals surface area (Å²) in [5.41, 5.74) is 0. The van der Waals surface area contributed by atoms with Crippen LogP contribution in [0.15, 0.2) is 36.5 Å². The minimum absolute atomic E-state index is 0.00404. The van der Waals surface area contributed by atoms with E-state index in [1.54, 1.807) is 0 Å². The van der Waals surface area contributed by atoms with Crippen molar-refractivity contribution in [2.75, 3.05) is 40.5 Å². The predicted octanol–water partition coefficient (Wildman–Crippen LogP) is 11.2. The summed E-state index contributed by atoms with van der Waals surface area (Å²) in [6.45, 7) is 4.25. The van der Waals surface area contributed by atoms with Crippen molar-refractivity contribution in [1.29, 1.82) is 0 Å². The molecule has 0 aromatic carbocycles. The van der Waals surface area contributed by atoms with Gasteiger partial charge in [0.1, 0.15) is 6.61 Å². The summed E-state index contributed by atoms with van der Waals surface area (Å²) < 4.78 is 33.3. The van der Waals surface area contributed by atoms with E-state index >= 15 is 0 Å². The van der Waals surface area contributed by atoms with E-state index < -0.39 is 32.5 Å². The zero-order valence-electron chi connectivity index (χ0n) is 33.0. The Hall–Kier alpha value is -1.77. The molecule has 0 fully saturated rings. The van der Waals surface area contributed by atoms with E-state index in [9.17, 15) is 19.0 Å². The number of rotatable bonds is 37. The number of hydrogen-bond acceptors (Lipinski definition) is 8. The quantitative estimate of drug-likeness (QED) is 0.0288. The minimum atomic E-state index is -4.36. The summed E-state index contributed by atoms with van der Waals surface area (Å²) in [4.78, 5) is 36.9. The fourth-order valence-corrected chi connectivity index (χ4v) is 6.02. The van der Waals surface area contributed by atoms with Crippen molar-refractivity contribution in [3.05, 3.63) is 36.5 Å². The van der Waals surface area contributed by atoms with Crippen molar-refractivity contribution in [1.82, 2.24) is 4.90 Å². The van der Waals surface area contributed by atoms with Crippen LogP contribution in [-0.4, -0.2) is 68.3 Å². The van der Waals surface area contributed by atoms with Crippen LogP contribution < -0.4 is 0 Å². The Morgan fingerprint density at radius 2 is 1.06 bits per heavy atom. The van der Waals surface area contributed by atoms with Crippen LogP contribution >= 0.6 is 7.82 Å². The third-order valence-electron chi connectivity index (χ3n) is 8.45. The largest absolute Gasteiger partial charge is 0.472 e. The molecule has 0 bridgehead atoms. The number of phosphoric ester groups is 1. The first kappa shape index (κ1) is 49.2. The fraction of sp³-hybridized carbons (Fsp3) is 0.805. The molecule has 1 N–H and O–H groups in total. The highest BCUT2D eigenvalue weighted by atomic mass is 31.2. The molecule has 9 nitrogen and oxygen atoms in total. The second-order valence-corrected chi connectivity index (χ2v) is 15.3. The summed E-state index contributed by atoms with van der Waals surface area (Å²) in [6, 6.07) is 0. The average molecular weight is 742 g/mol. The molecule has 2 atom stereocenters. The van der Waals surface area contributed by atoms with Gasteiger partial charge in [0.2, 0.25) is 0 Å². The maximum atomic E-state index is 12.6. The number of phosphoric acid groups is 1. The molecule has 0 radical (unpaired) electrons. The molecule has 0 aliphatic heterocycles. The number of carbonyl (C=O) groups is 2. The molecule has 0 aliphatic rings. The van der Waals surface area contributed by atoms with Gasteiger partial charge in [-0.3, -0.25) is 18.6 Å². The standard InChI is InChI=1S/C41H76NO8P/c1-5-7-9-11-13-15-17-18-19-20-21-22-24-25-27-29-31-33-40(43)47-37-39(38-49-51(45,46)48-36-35-42(3)4)50-41(44)34-32-30-28-26-23-16-14-12-10-8-6-2/h13,15,18-19,21-22,39H,5-12,14,16-17,20,23-38H2,1-4H3,(H,45,46)/b15-13-,19-18-,22-21-. The Bertz CT molecular complexity index is 952. The van der Waals surface area contributed by atoms with Crippen molar-refractivity contribution >= 4 is 19.8 Å². The van der Waals surface area contributed by atoms with Crippen LogP contribution in [0.1, 0.15) is 168 Å². The second kappa shape index (κ2) is 36.6. The van der Waals surface area contributed by atoms with E-state index in [1.165, 1.54) is 77.0 Å². The topological polar surface area (TPSA) is 112 Å². The van der Waals surface area contributed by atoms with Gasteiger partial charge in [-0.05, 0) is 65.5 Å². The molecule has 0 rings (SSSR count). The van der Waals surface area contributed by atoms with Crippen molar-refractivity contribution in [2.24, 2.45) is 0 Å². The Labute approximate surface area is 312 Å². The summed E-state index contributed by atoms with van der Waals surface area (Å²) in [6.07, 6.45) is 37.6. The Balaban J connectivity index is 4.35. The molecule has 0 amide bonds. The van der Waals surface area contributed by atoms with Gasteiger partial charge < -0.3 is 19.3 Å². The lowest BCUT2D eigenvalue weighted by Gasteiger charge is -2.20. The number of hydrogen-bond donors (Lipinski definition) is 1. The lowest BCUT2D eigenvalue weighted by atomic mass is 10.1. The molecular weight excluding hydrogens is 665 g/mol. The molecule has 10 heteroatoms. The third kappa shape index (κ3) is 37.8. The normalized spacial score (nSPS) is 13.8. The van der Waals surface area contributed by atoms with Crippen molar-refractivity contribution in [3.8, 4) is 0 Å². The first-order chi connectivity index (χ1) is 24.7. The average Bonchev–Trinajstić information content (AvgIpc) is 3.09.